The highest BCUT2D eigenvalue weighted by Crippen LogP contribution is 2.33. The quantitative estimate of drug-likeness (QED) is 0.710. The largest absolute Gasteiger partial charge is 0.493 e. The molecular weight excluding hydrogens is 362 g/mol. The predicted molar refractivity (Wildman–Crippen MR) is 114 cm³/mol. The summed E-state index contributed by atoms with van der Waals surface area (Å²) in [6.07, 6.45) is 8.23. The molecule has 4 heteroatoms. The van der Waals surface area contributed by atoms with E-state index < -0.39 is 0 Å². The molecule has 2 aromatic rings. The predicted octanol–water partition coefficient (Wildman–Crippen LogP) is 5.14. The van der Waals surface area contributed by atoms with Crippen molar-refractivity contribution in [3.63, 3.8) is 0 Å². The fraction of sp³-hybridized carbons (Fsp3) is 0.400. The third kappa shape index (κ3) is 5.00. The number of ether oxygens (including phenoxy) is 2. The number of nitrogens with one attached hydrogen (secondary N) is 1. The summed E-state index contributed by atoms with van der Waals surface area (Å²) in [6, 6.07) is 16.4. The van der Waals surface area contributed by atoms with Crippen LogP contribution in [0.4, 0.5) is 0 Å². The van der Waals surface area contributed by atoms with Gasteiger partial charge in [-0.3, -0.25) is 4.79 Å². The molecule has 152 valence electrons. The van der Waals surface area contributed by atoms with Gasteiger partial charge >= 0.3 is 0 Å². The lowest BCUT2D eigenvalue weighted by molar-refractivity contribution is -0.115. The second-order valence-electron chi connectivity index (χ2n) is 8.01. The van der Waals surface area contributed by atoms with E-state index in [1.807, 2.05) is 30.3 Å². The molecule has 0 heterocycles. The molecule has 29 heavy (non-hydrogen) atoms. The number of carbonyl (C=O) groups is 1. The van der Waals surface area contributed by atoms with Crippen LogP contribution in [0.3, 0.4) is 0 Å². The summed E-state index contributed by atoms with van der Waals surface area (Å²) in [6.45, 7) is 0.653. The lowest BCUT2D eigenvalue weighted by Gasteiger charge is -2.23. The third-order valence-electron chi connectivity index (χ3n) is 5.86. The molecule has 0 aromatic heterocycles. The zero-order valence-corrected chi connectivity index (χ0v) is 17.0. The van der Waals surface area contributed by atoms with Gasteiger partial charge in [-0.25, -0.2) is 0 Å². The summed E-state index contributed by atoms with van der Waals surface area (Å²) < 4.78 is 11.7. The second kappa shape index (κ2) is 9.17. The molecule has 1 atom stereocenters. The van der Waals surface area contributed by atoms with Crippen LogP contribution in [0.1, 0.15) is 55.6 Å². The first-order valence-electron chi connectivity index (χ1n) is 10.6. The summed E-state index contributed by atoms with van der Waals surface area (Å²) in [4.78, 5) is 12.2. The number of benzene rings is 2. The Balaban J connectivity index is 1.39. The number of methoxy groups -OCH3 is 1. The molecular formula is C25H29NO3. The van der Waals surface area contributed by atoms with E-state index in [9.17, 15) is 4.79 Å². The fourth-order valence-corrected chi connectivity index (χ4v) is 4.30. The van der Waals surface area contributed by atoms with Crippen LogP contribution in [0, 0.1) is 0 Å². The molecule has 1 N–H and O–H groups in total. The van der Waals surface area contributed by atoms with Gasteiger partial charge in [-0.1, -0.05) is 36.4 Å². The van der Waals surface area contributed by atoms with Gasteiger partial charge < -0.3 is 14.8 Å². The third-order valence-corrected chi connectivity index (χ3v) is 5.86. The first kappa shape index (κ1) is 19.6. The highest BCUT2D eigenvalue weighted by molar-refractivity contribution is 5.91. The van der Waals surface area contributed by atoms with Crippen molar-refractivity contribution in [2.24, 2.45) is 0 Å². The number of hydrogen-bond donors (Lipinski definition) is 1. The maximum atomic E-state index is 12.2. The van der Waals surface area contributed by atoms with Crippen molar-refractivity contribution in [2.75, 3.05) is 7.11 Å². The zero-order chi connectivity index (χ0) is 20.1. The van der Waals surface area contributed by atoms with E-state index in [0.29, 0.717) is 19.1 Å². The van der Waals surface area contributed by atoms with E-state index >= 15 is 0 Å². The van der Waals surface area contributed by atoms with Crippen LogP contribution in [0.25, 0.3) is 0 Å². The van der Waals surface area contributed by atoms with Gasteiger partial charge in [0.1, 0.15) is 0 Å². The van der Waals surface area contributed by atoms with E-state index in [0.717, 1.165) is 42.0 Å². The Labute approximate surface area is 172 Å². The summed E-state index contributed by atoms with van der Waals surface area (Å²) in [5.41, 5.74) is 3.33. The Hall–Kier alpha value is -2.75. The fourth-order valence-electron chi connectivity index (χ4n) is 4.30. The van der Waals surface area contributed by atoms with Crippen LogP contribution in [-0.2, 0) is 11.3 Å². The van der Waals surface area contributed by atoms with Crippen molar-refractivity contribution < 1.29 is 14.3 Å². The number of hydrogen-bond acceptors (Lipinski definition) is 4. The van der Waals surface area contributed by atoms with Crippen molar-refractivity contribution in [2.45, 2.75) is 57.1 Å². The standard InChI is InChI=1S/C25H29NO3/c1-28-25-13-18(11-12-24(25)29-23-9-5-6-10-23)17-26-21-14-20(15-22(27)16-21)19-7-3-2-4-8-19/h2-4,7-8,11-13,16,20,23,26H,5-6,9-10,14-15,17H2,1H3. The van der Waals surface area contributed by atoms with Gasteiger partial charge in [-0.15, -0.1) is 0 Å². The van der Waals surface area contributed by atoms with E-state index in [-0.39, 0.29) is 11.7 Å². The minimum atomic E-state index is 0.186. The maximum absolute atomic E-state index is 12.2. The van der Waals surface area contributed by atoms with Crippen molar-refractivity contribution >= 4 is 5.78 Å². The lowest BCUT2D eigenvalue weighted by Crippen LogP contribution is -2.22. The second-order valence-corrected chi connectivity index (χ2v) is 8.01. The molecule has 1 saturated carbocycles. The van der Waals surface area contributed by atoms with Gasteiger partial charge in [0.05, 0.1) is 13.2 Å². The smallest absolute Gasteiger partial charge is 0.161 e. The topological polar surface area (TPSA) is 47.6 Å². The van der Waals surface area contributed by atoms with Gasteiger partial charge in [0.15, 0.2) is 17.3 Å². The SMILES string of the molecule is COc1cc(CNC2=CC(=O)CC(c3ccccc3)C2)ccc1OC1CCCC1. The van der Waals surface area contributed by atoms with Crippen molar-refractivity contribution in [1.82, 2.24) is 5.32 Å². The average Bonchev–Trinajstić information content (AvgIpc) is 3.26. The molecule has 0 bridgehead atoms. The Morgan fingerprint density at radius 1 is 1.00 bits per heavy atom. The van der Waals surface area contributed by atoms with Gasteiger partial charge in [-0.05, 0) is 61.3 Å². The molecule has 4 nitrogen and oxygen atoms in total. The van der Waals surface area contributed by atoms with E-state index in [1.54, 1.807) is 13.2 Å². The highest BCUT2D eigenvalue weighted by atomic mass is 16.5. The van der Waals surface area contributed by atoms with Crippen molar-refractivity contribution in [1.29, 1.82) is 0 Å². The van der Waals surface area contributed by atoms with E-state index in [2.05, 4.69) is 23.5 Å². The summed E-state index contributed by atoms with van der Waals surface area (Å²) >= 11 is 0. The normalized spacial score (nSPS) is 19.7. The monoisotopic (exact) mass is 391 g/mol. The van der Waals surface area contributed by atoms with Crippen LogP contribution < -0.4 is 14.8 Å². The number of rotatable bonds is 7. The molecule has 2 aliphatic carbocycles. The van der Waals surface area contributed by atoms with Crippen LogP contribution in [0.15, 0.2) is 60.3 Å². The molecule has 1 unspecified atom stereocenters. The van der Waals surface area contributed by atoms with Gasteiger partial charge in [0.25, 0.3) is 0 Å². The average molecular weight is 392 g/mol. The number of ketones is 1. The Morgan fingerprint density at radius 3 is 2.55 bits per heavy atom. The number of carbonyl (C=O) groups excluding carboxylic acids is 1. The van der Waals surface area contributed by atoms with Gasteiger partial charge in [0, 0.05) is 24.7 Å². The van der Waals surface area contributed by atoms with Crippen LogP contribution in [-0.4, -0.2) is 19.0 Å². The van der Waals surface area contributed by atoms with Gasteiger partial charge in [-0.2, -0.15) is 0 Å². The molecule has 0 radical (unpaired) electrons. The molecule has 0 aliphatic heterocycles. The Kier molecular flexibility index (Phi) is 6.18. The zero-order valence-electron chi connectivity index (χ0n) is 17.0. The van der Waals surface area contributed by atoms with Gasteiger partial charge in [0.2, 0.25) is 0 Å². The molecule has 0 amide bonds. The highest BCUT2D eigenvalue weighted by Gasteiger charge is 2.22. The van der Waals surface area contributed by atoms with Crippen molar-refractivity contribution in [3.8, 4) is 11.5 Å². The van der Waals surface area contributed by atoms with E-state index in [1.165, 1.54) is 18.4 Å². The van der Waals surface area contributed by atoms with Crippen molar-refractivity contribution in [3.05, 3.63) is 71.4 Å². The molecule has 2 aromatic carbocycles. The molecule has 1 fully saturated rings. The van der Waals surface area contributed by atoms with Crippen LogP contribution in [0.2, 0.25) is 0 Å². The van der Waals surface area contributed by atoms with Crippen LogP contribution in [0.5, 0.6) is 11.5 Å². The molecule has 4 rings (SSSR count). The first-order chi connectivity index (χ1) is 14.2. The van der Waals surface area contributed by atoms with E-state index in [4.69, 9.17) is 9.47 Å². The summed E-state index contributed by atoms with van der Waals surface area (Å²) in [5, 5.41) is 3.46. The molecule has 2 aliphatic rings. The molecule has 0 saturated heterocycles. The Bertz CT molecular complexity index is 869. The van der Waals surface area contributed by atoms with Crippen LogP contribution >= 0.6 is 0 Å². The lowest BCUT2D eigenvalue weighted by atomic mass is 9.85. The molecule has 0 spiro atoms. The first-order valence-corrected chi connectivity index (χ1v) is 10.6. The minimum absolute atomic E-state index is 0.186. The summed E-state index contributed by atoms with van der Waals surface area (Å²) in [5.74, 6) is 2.02. The minimum Gasteiger partial charge on any atom is -0.493 e. The maximum Gasteiger partial charge on any atom is 0.161 e. The Morgan fingerprint density at radius 2 is 1.79 bits per heavy atom. The number of allylic oxidation sites excluding steroid dienone is 2. The summed E-state index contributed by atoms with van der Waals surface area (Å²) in [7, 11) is 1.68.